The van der Waals surface area contributed by atoms with Gasteiger partial charge in [0.15, 0.2) is 11.0 Å². The summed E-state index contributed by atoms with van der Waals surface area (Å²) in [6, 6.07) is 17.5. The van der Waals surface area contributed by atoms with Crippen LogP contribution in [-0.2, 0) is 11.2 Å². The first-order valence-electron chi connectivity index (χ1n) is 10.2. The molecule has 0 aliphatic heterocycles. The van der Waals surface area contributed by atoms with Gasteiger partial charge in [0.2, 0.25) is 5.91 Å². The lowest BCUT2D eigenvalue weighted by molar-refractivity contribution is -0.113. The van der Waals surface area contributed by atoms with Gasteiger partial charge in [0.1, 0.15) is 0 Å². The lowest BCUT2D eigenvalue weighted by Crippen LogP contribution is -2.15. The molecule has 162 valence electrons. The molecule has 4 aromatic rings. The number of hydrogen-bond acceptors (Lipinski definition) is 5. The molecule has 1 N–H and O–H groups in total. The zero-order chi connectivity index (χ0) is 22.5. The van der Waals surface area contributed by atoms with Gasteiger partial charge in [0.05, 0.1) is 5.75 Å². The van der Waals surface area contributed by atoms with Gasteiger partial charge < -0.3 is 5.32 Å². The Bertz CT molecular complexity index is 1230. The van der Waals surface area contributed by atoms with Gasteiger partial charge in [-0.2, -0.15) is 0 Å². The Morgan fingerprint density at radius 1 is 1.06 bits per heavy atom. The van der Waals surface area contributed by atoms with Crippen molar-refractivity contribution in [2.75, 3.05) is 11.1 Å². The van der Waals surface area contributed by atoms with Crippen LogP contribution >= 0.6 is 23.4 Å². The van der Waals surface area contributed by atoms with Crippen LogP contribution in [0.15, 0.2) is 72.1 Å². The molecule has 0 unspecified atom stereocenters. The molecule has 2 heterocycles. The SMILES string of the molecule is CCc1ccc(-n2c(SCC(=O)Nc3cccc(Cl)c3C)nnc2-c2ccncc2)cc1. The van der Waals surface area contributed by atoms with Crippen molar-refractivity contribution in [2.24, 2.45) is 0 Å². The number of thioether (sulfide) groups is 1. The third-order valence-corrected chi connectivity index (χ3v) is 6.39. The molecule has 1 amide bonds. The van der Waals surface area contributed by atoms with Crippen molar-refractivity contribution in [3.63, 3.8) is 0 Å². The molecule has 0 saturated heterocycles. The second kappa shape index (κ2) is 9.97. The first kappa shape index (κ1) is 22.0. The van der Waals surface area contributed by atoms with Crippen LogP contribution in [0.2, 0.25) is 5.02 Å². The fraction of sp³-hybridized carbons (Fsp3) is 0.167. The molecular weight excluding hydrogens is 442 g/mol. The average molecular weight is 464 g/mol. The van der Waals surface area contributed by atoms with Gasteiger partial charge in [0.25, 0.3) is 0 Å². The molecule has 32 heavy (non-hydrogen) atoms. The third kappa shape index (κ3) is 4.84. The van der Waals surface area contributed by atoms with E-state index < -0.39 is 0 Å². The zero-order valence-corrected chi connectivity index (χ0v) is 19.3. The van der Waals surface area contributed by atoms with Crippen LogP contribution in [0.25, 0.3) is 17.1 Å². The number of aryl methyl sites for hydroxylation is 1. The molecule has 0 spiro atoms. The fourth-order valence-electron chi connectivity index (χ4n) is 3.22. The smallest absolute Gasteiger partial charge is 0.234 e. The number of hydrogen-bond donors (Lipinski definition) is 1. The number of nitrogens with one attached hydrogen (secondary N) is 1. The van der Waals surface area contributed by atoms with Crippen molar-refractivity contribution < 1.29 is 4.79 Å². The predicted molar refractivity (Wildman–Crippen MR) is 130 cm³/mol. The average Bonchev–Trinajstić information content (AvgIpc) is 3.25. The maximum atomic E-state index is 12.6. The van der Waals surface area contributed by atoms with Crippen LogP contribution in [0.1, 0.15) is 18.1 Å². The number of pyridine rings is 1. The maximum absolute atomic E-state index is 12.6. The zero-order valence-electron chi connectivity index (χ0n) is 17.7. The minimum Gasteiger partial charge on any atom is -0.325 e. The van der Waals surface area contributed by atoms with Gasteiger partial charge in [-0.15, -0.1) is 10.2 Å². The standard InChI is InChI=1S/C24H22ClN5OS/c1-3-17-7-9-19(10-8-17)30-23(18-11-13-26-14-12-18)28-29-24(30)32-15-22(31)27-21-6-4-5-20(25)16(21)2/h4-14H,3,15H2,1-2H3,(H,27,31). The van der Waals surface area contributed by atoms with Crippen LogP contribution < -0.4 is 5.32 Å². The monoisotopic (exact) mass is 463 g/mol. The van der Waals surface area contributed by atoms with E-state index in [1.54, 1.807) is 18.5 Å². The summed E-state index contributed by atoms with van der Waals surface area (Å²) in [4.78, 5) is 16.7. The molecular formula is C24H22ClN5OS. The highest BCUT2D eigenvalue weighted by molar-refractivity contribution is 7.99. The summed E-state index contributed by atoms with van der Waals surface area (Å²) in [5.41, 5.74) is 4.63. The second-order valence-corrected chi connectivity index (χ2v) is 8.50. The fourth-order valence-corrected chi connectivity index (χ4v) is 4.15. The Hall–Kier alpha value is -3.16. The normalized spacial score (nSPS) is 10.8. The number of rotatable bonds is 7. The number of carbonyl (C=O) groups excluding carboxylic acids is 1. The summed E-state index contributed by atoms with van der Waals surface area (Å²) in [5, 5.41) is 13.0. The van der Waals surface area contributed by atoms with Gasteiger partial charge in [-0.25, -0.2) is 0 Å². The summed E-state index contributed by atoms with van der Waals surface area (Å²) in [7, 11) is 0. The van der Waals surface area contributed by atoms with Crippen LogP contribution in [0, 0.1) is 6.92 Å². The molecule has 4 rings (SSSR count). The number of carbonyl (C=O) groups is 1. The van der Waals surface area contributed by atoms with Crippen LogP contribution in [-0.4, -0.2) is 31.4 Å². The summed E-state index contributed by atoms with van der Waals surface area (Å²) in [5.74, 6) is 0.750. The second-order valence-electron chi connectivity index (χ2n) is 7.15. The molecule has 6 nitrogen and oxygen atoms in total. The highest BCUT2D eigenvalue weighted by Gasteiger charge is 2.18. The number of aromatic nitrogens is 4. The maximum Gasteiger partial charge on any atom is 0.234 e. The molecule has 0 bridgehead atoms. The number of halogens is 1. The van der Waals surface area contributed by atoms with Gasteiger partial charge >= 0.3 is 0 Å². The van der Waals surface area contributed by atoms with Crippen molar-refractivity contribution in [2.45, 2.75) is 25.4 Å². The van der Waals surface area contributed by atoms with E-state index in [9.17, 15) is 4.79 Å². The molecule has 0 saturated carbocycles. The Kier molecular flexibility index (Phi) is 6.87. The molecule has 0 fully saturated rings. The summed E-state index contributed by atoms with van der Waals surface area (Å²) >= 11 is 7.49. The predicted octanol–water partition coefficient (Wildman–Crippen LogP) is 5.58. The molecule has 0 radical (unpaired) electrons. The van der Waals surface area contributed by atoms with E-state index in [2.05, 4.69) is 39.6 Å². The van der Waals surface area contributed by atoms with Crippen LogP contribution in [0.3, 0.4) is 0 Å². The molecule has 8 heteroatoms. The van der Waals surface area contributed by atoms with Crippen molar-refractivity contribution >= 4 is 35.0 Å². The number of amides is 1. The summed E-state index contributed by atoms with van der Waals surface area (Å²) in [6.07, 6.45) is 4.41. The minimum atomic E-state index is -0.137. The van der Waals surface area contributed by atoms with Crippen molar-refractivity contribution in [1.29, 1.82) is 0 Å². The summed E-state index contributed by atoms with van der Waals surface area (Å²) < 4.78 is 1.97. The lowest BCUT2D eigenvalue weighted by Gasteiger charge is -2.12. The Morgan fingerprint density at radius 2 is 1.81 bits per heavy atom. The molecule has 0 aliphatic rings. The van der Waals surface area contributed by atoms with Gasteiger partial charge in [-0.05, 0) is 60.9 Å². The molecule has 2 aromatic carbocycles. The van der Waals surface area contributed by atoms with Gasteiger partial charge in [0, 0.05) is 34.4 Å². The van der Waals surface area contributed by atoms with Crippen LogP contribution in [0.4, 0.5) is 5.69 Å². The first-order chi connectivity index (χ1) is 15.6. The Balaban J connectivity index is 1.60. The van der Waals surface area contributed by atoms with E-state index in [1.165, 1.54) is 17.3 Å². The largest absolute Gasteiger partial charge is 0.325 e. The van der Waals surface area contributed by atoms with E-state index in [0.717, 1.165) is 23.2 Å². The third-order valence-electron chi connectivity index (χ3n) is 5.05. The number of benzene rings is 2. The Morgan fingerprint density at radius 3 is 2.53 bits per heavy atom. The summed E-state index contributed by atoms with van der Waals surface area (Å²) in [6.45, 7) is 4.00. The van der Waals surface area contributed by atoms with E-state index in [0.29, 0.717) is 21.7 Å². The van der Waals surface area contributed by atoms with Crippen molar-refractivity contribution in [1.82, 2.24) is 19.7 Å². The quantitative estimate of drug-likeness (QED) is 0.362. The Labute approximate surface area is 196 Å². The number of anilines is 1. The van der Waals surface area contributed by atoms with E-state index in [1.807, 2.05) is 47.9 Å². The number of nitrogens with zero attached hydrogens (tertiary/aromatic N) is 4. The topological polar surface area (TPSA) is 72.7 Å². The molecule has 2 aromatic heterocycles. The van der Waals surface area contributed by atoms with Crippen molar-refractivity contribution in [3.8, 4) is 17.1 Å². The highest BCUT2D eigenvalue weighted by Crippen LogP contribution is 2.28. The van der Waals surface area contributed by atoms with E-state index in [-0.39, 0.29) is 11.7 Å². The van der Waals surface area contributed by atoms with Crippen molar-refractivity contribution in [3.05, 3.63) is 83.1 Å². The molecule has 0 atom stereocenters. The van der Waals surface area contributed by atoms with Gasteiger partial charge in [-0.3, -0.25) is 14.3 Å². The molecule has 0 aliphatic carbocycles. The van der Waals surface area contributed by atoms with Crippen LogP contribution in [0.5, 0.6) is 0 Å². The van der Waals surface area contributed by atoms with E-state index in [4.69, 9.17) is 11.6 Å². The van der Waals surface area contributed by atoms with E-state index >= 15 is 0 Å². The lowest BCUT2D eigenvalue weighted by atomic mass is 10.1. The minimum absolute atomic E-state index is 0.137. The first-order valence-corrected chi connectivity index (χ1v) is 11.6. The highest BCUT2D eigenvalue weighted by atomic mass is 35.5. The van der Waals surface area contributed by atoms with Gasteiger partial charge in [-0.1, -0.05) is 48.5 Å².